The van der Waals surface area contributed by atoms with Crippen LogP contribution in [0.4, 0.5) is 5.82 Å². The van der Waals surface area contributed by atoms with Crippen molar-refractivity contribution in [1.29, 1.82) is 0 Å². The van der Waals surface area contributed by atoms with E-state index in [1.807, 2.05) is 14.0 Å². The van der Waals surface area contributed by atoms with Gasteiger partial charge >= 0.3 is 0 Å². The molecule has 0 bridgehead atoms. The quantitative estimate of drug-likeness (QED) is 0.636. The van der Waals surface area contributed by atoms with Crippen molar-refractivity contribution in [3.63, 3.8) is 0 Å². The number of anilines is 1. The van der Waals surface area contributed by atoms with Crippen molar-refractivity contribution < 1.29 is 9.26 Å². The zero-order valence-electron chi connectivity index (χ0n) is 19.3. The van der Waals surface area contributed by atoms with Crippen LogP contribution in [-0.4, -0.2) is 53.5 Å². The fraction of sp³-hybridized carbons (Fsp3) is 0.560. The highest BCUT2D eigenvalue weighted by Gasteiger charge is 2.33. The second-order valence-electron chi connectivity index (χ2n) is 9.32. The maximum atomic E-state index is 5.97. The van der Waals surface area contributed by atoms with E-state index in [1.54, 1.807) is 0 Å². The van der Waals surface area contributed by atoms with Gasteiger partial charge in [-0.25, -0.2) is 4.98 Å². The van der Waals surface area contributed by atoms with E-state index >= 15 is 0 Å². The summed E-state index contributed by atoms with van der Waals surface area (Å²) in [5.41, 5.74) is 3.06. The maximum absolute atomic E-state index is 5.97. The second kappa shape index (κ2) is 9.16. The Kier molecular flexibility index (Phi) is 6.11. The van der Waals surface area contributed by atoms with Crippen LogP contribution in [0.25, 0.3) is 22.4 Å². The molecule has 7 heteroatoms. The van der Waals surface area contributed by atoms with Gasteiger partial charge in [-0.15, -0.1) is 0 Å². The molecule has 3 heterocycles. The molecule has 2 fully saturated rings. The van der Waals surface area contributed by atoms with Gasteiger partial charge in [0, 0.05) is 37.7 Å². The first-order chi connectivity index (χ1) is 15.6. The van der Waals surface area contributed by atoms with Crippen molar-refractivity contribution in [2.45, 2.75) is 70.6 Å². The summed E-state index contributed by atoms with van der Waals surface area (Å²) in [6.45, 7) is 5.63. The standard InChI is InChI=1S/C25H33N5O2/c1-16-9-10-21-18(13-16)14-20(25-26-17(2)29-32-25)24(28-21)30-12-11-22(23(15-30)31-3)27-19-7-5-4-6-8-19/h9-10,13-14,19,22-23,27H,4-8,11-12,15H2,1-3H3/t22-,23+/m1/s1. The van der Waals surface area contributed by atoms with Gasteiger partial charge < -0.3 is 19.5 Å². The number of methoxy groups -OCH3 is 1. The van der Waals surface area contributed by atoms with Gasteiger partial charge in [0.25, 0.3) is 5.89 Å². The summed E-state index contributed by atoms with van der Waals surface area (Å²) in [7, 11) is 1.82. The predicted molar refractivity (Wildman–Crippen MR) is 126 cm³/mol. The van der Waals surface area contributed by atoms with Gasteiger partial charge in [-0.2, -0.15) is 4.98 Å². The van der Waals surface area contributed by atoms with Crippen molar-refractivity contribution >= 4 is 16.7 Å². The number of fused-ring (bicyclic) bond motifs is 1. The first-order valence-electron chi connectivity index (χ1n) is 11.9. The fourth-order valence-electron chi connectivity index (χ4n) is 5.20. The monoisotopic (exact) mass is 435 g/mol. The summed E-state index contributed by atoms with van der Waals surface area (Å²) in [6, 6.07) is 9.47. The lowest BCUT2D eigenvalue weighted by atomic mass is 9.92. The van der Waals surface area contributed by atoms with Gasteiger partial charge in [0.1, 0.15) is 5.82 Å². The first-order valence-corrected chi connectivity index (χ1v) is 11.9. The summed E-state index contributed by atoms with van der Waals surface area (Å²) >= 11 is 0. The Hall–Kier alpha value is -2.51. The van der Waals surface area contributed by atoms with E-state index < -0.39 is 0 Å². The SMILES string of the molecule is CO[C@H]1CN(c2nc3ccc(C)cc3cc2-c2nc(C)no2)CC[C@H]1NC1CCCCC1. The Labute approximate surface area is 189 Å². The molecule has 7 nitrogen and oxygen atoms in total. The fourth-order valence-corrected chi connectivity index (χ4v) is 5.20. The molecule has 2 atom stereocenters. The van der Waals surface area contributed by atoms with Crippen molar-refractivity contribution in [3.8, 4) is 11.5 Å². The number of hydrogen-bond acceptors (Lipinski definition) is 7. The van der Waals surface area contributed by atoms with Crippen molar-refractivity contribution in [3.05, 3.63) is 35.7 Å². The third-order valence-corrected chi connectivity index (χ3v) is 6.92. The summed E-state index contributed by atoms with van der Waals surface area (Å²) in [4.78, 5) is 11.9. The number of aromatic nitrogens is 3. The maximum Gasteiger partial charge on any atom is 0.261 e. The number of piperidine rings is 1. The largest absolute Gasteiger partial charge is 0.378 e. The van der Waals surface area contributed by atoms with Gasteiger partial charge in [-0.3, -0.25) is 0 Å². The lowest BCUT2D eigenvalue weighted by Crippen LogP contribution is -2.56. The Balaban J connectivity index is 1.45. The van der Waals surface area contributed by atoms with E-state index in [0.29, 0.717) is 23.8 Å². The molecule has 1 saturated heterocycles. The zero-order chi connectivity index (χ0) is 22.1. The van der Waals surface area contributed by atoms with E-state index in [4.69, 9.17) is 14.2 Å². The van der Waals surface area contributed by atoms with Crippen molar-refractivity contribution in [1.82, 2.24) is 20.4 Å². The van der Waals surface area contributed by atoms with Gasteiger partial charge in [-0.05, 0) is 51.3 Å². The molecule has 5 rings (SSSR count). The number of aryl methyl sites for hydroxylation is 2. The Morgan fingerprint density at radius 3 is 2.66 bits per heavy atom. The summed E-state index contributed by atoms with van der Waals surface area (Å²) in [5.74, 6) is 2.04. The van der Waals surface area contributed by atoms with Crippen LogP contribution in [0.1, 0.15) is 49.9 Å². The Bertz CT molecular complexity index is 1080. The molecular formula is C25H33N5O2. The van der Waals surface area contributed by atoms with Crippen LogP contribution in [-0.2, 0) is 4.74 Å². The van der Waals surface area contributed by atoms with E-state index in [1.165, 1.54) is 37.7 Å². The summed E-state index contributed by atoms with van der Waals surface area (Å²) in [5, 5.41) is 9.00. The average Bonchev–Trinajstić information content (AvgIpc) is 3.25. The molecule has 0 radical (unpaired) electrons. The van der Waals surface area contributed by atoms with Crippen LogP contribution >= 0.6 is 0 Å². The lowest BCUT2D eigenvalue weighted by molar-refractivity contribution is 0.0534. The number of benzene rings is 1. The van der Waals surface area contributed by atoms with Crippen LogP contribution in [0.3, 0.4) is 0 Å². The number of nitrogens with zero attached hydrogens (tertiary/aromatic N) is 4. The molecule has 2 aromatic heterocycles. The summed E-state index contributed by atoms with van der Waals surface area (Å²) in [6.07, 6.45) is 7.73. The molecule has 1 N–H and O–H groups in total. The van der Waals surface area contributed by atoms with E-state index in [-0.39, 0.29) is 6.10 Å². The molecule has 0 amide bonds. The number of nitrogens with one attached hydrogen (secondary N) is 1. The number of pyridine rings is 1. The highest BCUT2D eigenvalue weighted by molar-refractivity contribution is 5.88. The molecule has 1 saturated carbocycles. The van der Waals surface area contributed by atoms with E-state index in [9.17, 15) is 0 Å². The molecule has 0 unspecified atom stereocenters. The highest BCUT2D eigenvalue weighted by Crippen LogP contribution is 2.34. The molecule has 170 valence electrons. The molecule has 3 aromatic rings. The number of hydrogen-bond donors (Lipinski definition) is 1. The van der Waals surface area contributed by atoms with Gasteiger partial charge in [-0.1, -0.05) is 36.0 Å². The summed E-state index contributed by atoms with van der Waals surface area (Å²) < 4.78 is 11.5. The molecule has 1 aromatic carbocycles. The van der Waals surface area contributed by atoms with Gasteiger partial charge in [0.05, 0.1) is 17.2 Å². The normalized spacial score (nSPS) is 22.5. The van der Waals surface area contributed by atoms with Crippen LogP contribution < -0.4 is 10.2 Å². The number of rotatable bonds is 5. The van der Waals surface area contributed by atoms with Crippen LogP contribution in [0.15, 0.2) is 28.8 Å². The van der Waals surface area contributed by atoms with Gasteiger partial charge in [0.2, 0.25) is 0 Å². The van der Waals surface area contributed by atoms with Gasteiger partial charge in [0.15, 0.2) is 5.82 Å². The molecule has 1 aliphatic heterocycles. The molecule has 0 spiro atoms. The third kappa shape index (κ3) is 4.36. The van der Waals surface area contributed by atoms with Crippen LogP contribution in [0.5, 0.6) is 0 Å². The third-order valence-electron chi connectivity index (χ3n) is 6.92. The van der Waals surface area contributed by atoms with Crippen LogP contribution in [0, 0.1) is 13.8 Å². The lowest BCUT2D eigenvalue weighted by Gasteiger charge is -2.41. The van der Waals surface area contributed by atoms with E-state index in [0.717, 1.165) is 41.8 Å². The van der Waals surface area contributed by atoms with E-state index in [2.05, 4.69) is 51.5 Å². The minimum absolute atomic E-state index is 0.110. The minimum Gasteiger partial charge on any atom is -0.378 e. The number of ether oxygens (including phenoxy) is 1. The second-order valence-corrected chi connectivity index (χ2v) is 9.32. The molecular weight excluding hydrogens is 402 g/mol. The zero-order valence-corrected chi connectivity index (χ0v) is 19.3. The molecule has 1 aliphatic carbocycles. The smallest absolute Gasteiger partial charge is 0.261 e. The topological polar surface area (TPSA) is 76.3 Å². The first kappa shape index (κ1) is 21.3. The predicted octanol–water partition coefficient (Wildman–Crippen LogP) is 4.42. The Morgan fingerprint density at radius 1 is 1.06 bits per heavy atom. The highest BCUT2D eigenvalue weighted by atomic mass is 16.5. The Morgan fingerprint density at radius 2 is 1.91 bits per heavy atom. The minimum atomic E-state index is 0.110. The van der Waals surface area contributed by atoms with Crippen molar-refractivity contribution in [2.24, 2.45) is 0 Å². The molecule has 32 heavy (non-hydrogen) atoms. The molecule has 2 aliphatic rings. The average molecular weight is 436 g/mol. The van der Waals surface area contributed by atoms with Crippen molar-refractivity contribution in [2.75, 3.05) is 25.1 Å². The van der Waals surface area contributed by atoms with Crippen LogP contribution in [0.2, 0.25) is 0 Å².